The summed E-state index contributed by atoms with van der Waals surface area (Å²) in [4.78, 5) is 1.27. The standard InChI is InChI=1S/C13H18ClF3N2/c1-9(2)19(8-13(15,16)17)12-10(6-7-18)4-3-5-11(12)14/h3-5,9H,6-8,18H2,1-2H3. The van der Waals surface area contributed by atoms with Gasteiger partial charge in [0.15, 0.2) is 0 Å². The Morgan fingerprint density at radius 2 is 1.95 bits per heavy atom. The van der Waals surface area contributed by atoms with Gasteiger partial charge in [-0.2, -0.15) is 13.2 Å². The highest BCUT2D eigenvalue weighted by atomic mass is 35.5. The quantitative estimate of drug-likeness (QED) is 0.899. The van der Waals surface area contributed by atoms with Crippen molar-refractivity contribution >= 4 is 17.3 Å². The number of alkyl halides is 3. The second-order valence-electron chi connectivity index (χ2n) is 4.62. The van der Waals surface area contributed by atoms with Crippen molar-refractivity contribution in [2.75, 3.05) is 18.0 Å². The van der Waals surface area contributed by atoms with Crippen LogP contribution in [-0.4, -0.2) is 25.3 Å². The smallest absolute Gasteiger partial charge is 0.359 e. The molecule has 0 atom stereocenters. The van der Waals surface area contributed by atoms with E-state index in [9.17, 15) is 13.2 Å². The lowest BCUT2D eigenvalue weighted by molar-refractivity contribution is -0.120. The number of para-hydroxylation sites is 1. The van der Waals surface area contributed by atoms with Gasteiger partial charge in [-0.05, 0) is 38.4 Å². The van der Waals surface area contributed by atoms with E-state index < -0.39 is 12.7 Å². The van der Waals surface area contributed by atoms with E-state index in [1.165, 1.54) is 4.90 Å². The normalized spacial score (nSPS) is 12.0. The van der Waals surface area contributed by atoms with Gasteiger partial charge in [-0.1, -0.05) is 23.7 Å². The fourth-order valence-electron chi connectivity index (χ4n) is 1.95. The van der Waals surface area contributed by atoms with E-state index in [-0.39, 0.29) is 6.04 Å². The largest absolute Gasteiger partial charge is 0.405 e. The number of anilines is 1. The summed E-state index contributed by atoms with van der Waals surface area (Å²) >= 11 is 6.08. The molecule has 0 aliphatic carbocycles. The lowest BCUT2D eigenvalue weighted by Crippen LogP contribution is -2.40. The Balaban J connectivity index is 3.21. The molecule has 0 heterocycles. The monoisotopic (exact) mass is 294 g/mol. The summed E-state index contributed by atoms with van der Waals surface area (Å²) in [5, 5.41) is 0.323. The van der Waals surface area contributed by atoms with Crippen LogP contribution in [0.15, 0.2) is 18.2 Å². The fraction of sp³-hybridized carbons (Fsp3) is 0.538. The second kappa shape index (κ2) is 6.48. The van der Waals surface area contributed by atoms with Crippen molar-refractivity contribution in [1.82, 2.24) is 0 Å². The van der Waals surface area contributed by atoms with Crippen LogP contribution in [0.2, 0.25) is 5.02 Å². The molecule has 0 aliphatic heterocycles. The Morgan fingerprint density at radius 3 is 2.42 bits per heavy atom. The Labute approximate surface area is 116 Å². The molecular weight excluding hydrogens is 277 g/mol. The van der Waals surface area contributed by atoms with Gasteiger partial charge < -0.3 is 10.6 Å². The minimum atomic E-state index is -4.27. The van der Waals surface area contributed by atoms with Crippen molar-refractivity contribution in [3.8, 4) is 0 Å². The molecule has 2 nitrogen and oxygen atoms in total. The highest BCUT2D eigenvalue weighted by Gasteiger charge is 2.33. The molecule has 0 aromatic heterocycles. The maximum absolute atomic E-state index is 12.7. The van der Waals surface area contributed by atoms with Crippen LogP contribution in [0.1, 0.15) is 19.4 Å². The third-order valence-electron chi connectivity index (χ3n) is 2.74. The number of halogens is 4. The molecule has 2 N–H and O–H groups in total. The van der Waals surface area contributed by atoms with Gasteiger partial charge in [-0.25, -0.2) is 0 Å². The molecular formula is C13H18ClF3N2. The molecule has 1 rings (SSSR count). The van der Waals surface area contributed by atoms with E-state index in [2.05, 4.69) is 0 Å². The van der Waals surface area contributed by atoms with Gasteiger partial charge in [0, 0.05) is 6.04 Å². The number of nitrogens with zero attached hydrogens (tertiary/aromatic N) is 1. The molecule has 0 fully saturated rings. The maximum atomic E-state index is 12.7. The first-order chi connectivity index (χ1) is 8.76. The van der Waals surface area contributed by atoms with Crippen molar-refractivity contribution in [3.05, 3.63) is 28.8 Å². The first kappa shape index (κ1) is 16.1. The van der Waals surface area contributed by atoms with E-state index >= 15 is 0 Å². The lowest BCUT2D eigenvalue weighted by atomic mass is 10.1. The zero-order valence-corrected chi connectivity index (χ0v) is 11.7. The summed E-state index contributed by atoms with van der Waals surface area (Å²) in [6, 6.07) is 4.78. The SMILES string of the molecule is CC(C)N(CC(F)(F)F)c1c(Cl)cccc1CCN. The highest BCUT2D eigenvalue weighted by molar-refractivity contribution is 6.33. The molecule has 6 heteroatoms. The van der Waals surface area contributed by atoms with Crippen molar-refractivity contribution in [3.63, 3.8) is 0 Å². The van der Waals surface area contributed by atoms with Gasteiger partial charge in [0.25, 0.3) is 0 Å². The Morgan fingerprint density at radius 1 is 1.32 bits per heavy atom. The lowest BCUT2D eigenvalue weighted by Gasteiger charge is -2.32. The molecule has 0 unspecified atom stereocenters. The topological polar surface area (TPSA) is 29.3 Å². The molecule has 0 radical (unpaired) electrons. The molecule has 1 aromatic carbocycles. The zero-order valence-electron chi connectivity index (χ0n) is 11.0. The van der Waals surface area contributed by atoms with Crippen LogP contribution in [0.4, 0.5) is 18.9 Å². The van der Waals surface area contributed by atoms with E-state index in [0.717, 1.165) is 5.56 Å². The van der Waals surface area contributed by atoms with Crippen molar-refractivity contribution < 1.29 is 13.2 Å². The molecule has 0 amide bonds. The zero-order chi connectivity index (χ0) is 14.6. The van der Waals surface area contributed by atoms with Gasteiger partial charge >= 0.3 is 6.18 Å². The Hall–Kier alpha value is -0.940. The predicted molar refractivity (Wildman–Crippen MR) is 72.7 cm³/mol. The Kier molecular flexibility index (Phi) is 5.50. The average Bonchev–Trinajstić information content (AvgIpc) is 2.26. The van der Waals surface area contributed by atoms with Gasteiger partial charge in [-0.15, -0.1) is 0 Å². The molecule has 19 heavy (non-hydrogen) atoms. The summed E-state index contributed by atoms with van der Waals surface area (Å²) in [7, 11) is 0. The minimum Gasteiger partial charge on any atom is -0.359 e. The minimum absolute atomic E-state index is 0.307. The van der Waals surface area contributed by atoms with Gasteiger partial charge in [0.05, 0.1) is 10.7 Å². The van der Waals surface area contributed by atoms with Crippen LogP contribution in [0.3, 0.4) is 0 Å². The van der Waals surface area contributed by atoms with Crippen molar-refractivity contribution in [2.24, 2.45) is 5.73 Å². The van der Waals surface area contributed by atoms with Crippen LogP contribution >= 0.6 is 11.6 Å². The molecule has 108 valence electrons. The van der Waals surface area contributed by atoms with E-state index in [0.29, 0.717) is 23.7 Å². The summed E-state index contributed by atoms with van der Waals surface area (Å²) in [5.41, 5.74) is 6.68. The van der Waals surface area contributed by atoms with Crippen molar-refractivity contribution in [2.45, 2.75) is 32.5 Å². The fourth-order valence-corrected chi connectivity index (χ4v) is 2.25. The van der Waals surface area contributed by atoms with Crippen LogP contribution < -0.4 is 10.6 Å². The summed E-state index contributed by atoms with van der Waals surface area (Å²) < 4.78 is 38.1. The number of rotatable bonds is 5. The molecule has 0 bridgehead atoms. The summed E-state index contributed by atoms with van der Waals surface area (Å²) in [6.45, 7) is 2.76. The molecule has 0 saturated heterocycles. The third kappa shape index (κ3) is 4.58. The number of hydrogen-bond donors (Lipinski definition) is 1. The Bertz CT molecular complexity index is 419. The molecule has 1 aromatic rings. The van der Waals surface area contributed by atoms with Gasteiger partial charge in [-0.3, -0.25) is 0 Å². The maximum Gasteiger partial charge on any atom is 0.405 e. The number of nitrogens with two attached hydrogens (primary N) is 1. The van der Waals surface area contributed by atoms with E-state index in [1.54, 1.807) is 32.0 Å². The summed E-state index contributed by atoms with van der Waals surface area (Å²) in [6.07, 6.45) is -3.78. The third-order valence-corrected chi connectivity index (χ3v) is 3.05. The first-order valence-corrected chi connectivity index (χ1v) is 6.45. The van der Waals surface area contributed by atoms with Crippen LogP contribution in [0, 0.1) is 0 Å². The second-order valence-corrected chi connectivity index (χ2v) is 5.03. The van der Waals surface area contributed by atoms with E-state index in [4.69, 9.17) is 17.3 Å². The van der Waals surface area contributed by atoms with Crippen LogP contribution in [0.25, 0.3) is 0 Å². The highest BCUT2D eigenvalue weighted by Crippen LogP contribution is 2.33. The predicted octanol–water partition coefficient (Wildman–Crippen LogP) is 3.62. The summed E-state index contributed by atoms with van der Waals surface area (Å²) in [5.74, 6) is 0. The number of benzene rings is 1. The molecule has 0 aliphatic rings. The van der Waals surface area contributed by atoms with Gasteiger partial charge in [0.2, 0.25) is 0 Å². The first-order valence-electron chi connectivity index (χ1n) is 6.07. The average molecular weight is 295 g/mol. The molecule has 0 saturated carbocycles. The van der Waals surface area contributed by atoms with Crippen molar-refractivity contribution in [1.29, 1.82) is 0 Å². The van der Waals surface area contributed by atoms with Gasteiger partial charge in [0.1, 0.15) is 6.54 Å². The molecule has 0 spiro atoms. The van der Waals surface area contributed by atoms with E-state index in [1.807, 2.05) is 0 Å². The number of hydrogen-bond acceptors (Lipinski definition) is 2. The van der Waals surface area contributed by atoms with Crippen LogP contribution in [0.5, 0.6) is 0 Å². The van der Waals surface area contributed by atoms with Crippen LogP contribution in [-0.2, 0) is 6.42 Å².